The van der Waals surface area contributed by atoms with Gasteiger partial charge in [-0.25, -0.2) is 0 Å². The van der Waals surface area contributed by atoms with Gasteiger partial charge in [0.1, 0.15) is 0 Å². The second-order valence-corrected chi connectivity index (χ2v) is 4.70. The number of nitrogens with zero attached hydrogens (tertiary/aromatic N) is 1. The maximum atomic E-state index is 12.1. The van der Waals surface area contributed by atoms with Gasteiger partial charge in [-0.3, -0.25) is 9.59 Å². The van der Waals surface area contributed by atoms with Crippen LogP contribution in [0, 0.1) is 0 Å². The zero-order valence-corrected chi connectivity index (χ0v) is 12.8. The molecule has 0 aromatic heterocycles. The maximum absolute atomic E-state index is 12.1. The van der Waals surface area contributed by atoms with Crippen molar-refractivity contribution in [3.8, 4) is 0 Å². The van der Waals surface area contributed by atoms with E-state index in [9.17, 15) is 9.59 Å². The summed E-state index contributed by atoms with van der Waals surface area (Å²) in [6, 6.07) is 6.36. The van der Waals surface area contributed by atoms with Crippen molar-refractivity contribution in [1.82, 2.24) is 4.90 Å². The van der Waals surface area contributed by atoms with Gasteiger partial charge in [0.2, 0.25) is 11.8 Å². The smallest absolute Gasteiger partial charge is 0.240 e. The van der Waals surface area contributed by atoms with E-state index in [1.165, 1.54) is 0 Å². The molecule has 0 bridgehead atoms. The summed E-state index contributed by atoms with van der Waals surface area (Å²) in [5, 5.41) is 0.613. The number of rotatable bonds is 6. The lowest BCUT2D eigenvalue weighted by molar-refractivity contribution is -0.135. The van der Waals surface area contributed by atoms with Crippen molar-refractivity contribution in [2.45, 2.75) is 25.9 Å². The maximum Gasteiger partial charge on any atom is 0.240 e. The van der Waals surface area contributed by atoms with Crippen LogP contribution in [0.5, 0.6) is 0 Å². The second kappa shape index (κ2) is 8.79. The normalized spacial score (nSPS) is 11.3. The first-order valence-electron chi connectivity index (χ1n) is 6.01. The van der Waals surface area contributed by atoms with Gasteiger partial charge in [0.05, 0.1) is 12.5 Å². The zero-order valence-electron chi connectivity index (χ0n) is 11.2. The van der Waals surface area contributed by atoms with Crippen LogP contribution in [0.4, 0.5) is 0 Å². The van der Waals surface area contributed by atoms with E-state index in [-0.39, 0.29) is 24.7 Å². The molecule has 0 fully saturated rings. The molecule has 0 aliphatic carbocycles. The van der Waals surface area contributed by atoms with E-state index in [0.717, 1.165) is 5.56 Å². The van der Waals surface area contributed by atoms with E-state index >= 15 is 0 Å². The van der Waals surface area contributed by atoms with Gasteiger partial charge in [-0.15, -0.1) is 12.4 Å². The Bertz CT molecular complexity index is 469. The van der Waals surface area contributed by atoms with Crippen LogP contribution in [-0.4, -0.2) is 29.3 Å². The standard InChI is InChI=1S/C13H18ClN3O2.ClH/c1-2-17(13(19)11(15)7-12(16)18)8-9-4-3-5-10(14)6-9;/h3-6,11H,2,7-8,15H2,1H3,(H2,16,18);1H. The van der Waals surface area contributed by atoms with Crippen LogP contribution in [0.1, 0.15) is 18.9 Å². The Labute approximate surface area is 129 Å². The number of primary amides is 1. The Morgan fingerprint density at radius 3 is 2.55 bits per heavy atom. The molecule has 0 radical (unpaired) electrons. The van der Waals surface area contributed by atoms with Gasteiger partial charge in [0, 0.05) is 18.1 Å². The summed E-state index contributed by atoms with van der Waals surface area (Å²) in [5.74, 6) is -0.874. The number of hydrogen-bond acceptors (Lipinski definition) is 3. The van der Waals surface area contributed by atoms with Crippen molar-refractivity contribution < 1.29 is 9.59 Å². The van der Waals surface area contributed by atoms with Crippen molar-refractivity contribution in [2.75, 3.05) is 6.54 Å². The fourth-order valence-corrected chi connectivity index (χ4v) is 1.95. The zero-order chi connectivity index (χ0) is 14.4. The van der Waals surface area contributed by atoms with Crippen molar-refractivity contribution in [1.29, 1.82) is 0 Å². The molecule has 0 aliphatic heterocycles. The minimum absolute atomic E-state index is 0. The molecule has 1 aromatic rings. The number of halogens is 2. The summed E-state index contributed by atoms with van der Waals surface area (Å²) in [7, 11) is 0. The Kier molecular flexibility index (Phi) is 8.22. The summed E-state index contributed by atoms with van der Waals surface area (Å²) in [5.41, 5.74) is 11.6. The molecular formula is C13H19Cl2N3O2. The third kappa shape index (κ3) is 5.77. The molecule has 0 saturated carbocycles. The molecule has 20 heavy (non-hydrogen) atoms. The van der Waals surface area contributed by atoms with Gasteiger partial charge in [0.15, 0.2) is 0 Å². The molecular weight excluding hydrogens is 301 g/mol. The van der Waals surface area contributed by atoms with Crippen molar-refractivity contribution in [2.24, 2.45) is 11.5 Å². The average molecular weight is 320 g/mol. The fraction of sp³-hybridized carbons (Fsp3) is 0.385. The Hall–Kier alpha value is -1.30. The third-order valence-corrected chi connectivity index (χ3v) is 2.93. The quantitative estimate of drug-likeness (QED) is 0.828. The Morgan fingerprint density at radius 2 is 2.05 bits per heavy atom. The summed E-state index contributed by atoms with van der Waals surface area (Å²) in [4.78, 5) is 24.4. The lowest BCUT2D eigenvalue weighted by atomic mass is 10.1. The van der Waals surface area contributed by atoms with E-state index in [2.05, 4.69) is 0 Å². The van der Waals surface area contributed by atoms with Crippen LogP contribution >= 0.6 is 24.0 Å². The highest BCUT2D eigenvalue weighted by Crippen LogP contribution is 2.13. The molecule has 0 aliphatic rings. The Morgan fingerprint density at radius 1 is 1.40 bits per heavy atom. The van der Waals surface area contributed by atoms with Gasteiger partial charge in [-0.1, -0.05) is 23.7 Å². The number of hydrogen-bond donors (Lipinski definition) is 2. The molecule has 4 N–H and O–H groups in total. The largest absolute Gasteiger partial charge is 0.370 e. The van der Waals surface area contributed by atoms with E-state index in [1.807, 2.05) is 19.1 Å². The molecule has 112 valence electrons. The summed E-state index contributed by atoms with van der Waals surface area (Å²) in [6.07, 6.45) is -0.148. The summed E-state index contributed by atoms with van der Waals surface area (Å²) < 4.78 is 0. The van der Waals surface area contributed by atoms with Crippen LogP contribution in [0.25, 0.3) is 0 Å². The van der Waals surface area contributed by atoms with Crippen LogP contribution < -0.4 is 11.5 Å². The molecule has 7 heteroatoms. The van der Waals surface area contributed by atoms with Gasteiger partial charge in [-0.05, 0) is 24.6 Å². The molecule has 1 rings (SSSR count). The first kappa shape index (κ1) is 18.7. The topological polar surface area (TPSA) is 89.4 Å². The summed E-state index contributed by atoms with van der Waals surface area (Å²) >= 11 is 5.89. The van der Waals surface area contributed by atoms with E-state index in [0.29, 0.717) is 18.1 Å². The first-order valence-corrected chi connectivity index (χ1v) is 6.39. The van der Waals surface area contributed by atoms with E-state index < -0.39 is 11.9 Å². The SMILES string of the molecule is CCN(Cc1cccc(Cl)c1)C(=O)C(N)CC(N)=O.Cl. The van der Waals surface area contributed by atoms with Crippen LogP contribution in [0.15, 0.2) is 24.3 Å². The van der Waals surface area contributed by atoms with Crippen LogP contribution in [0.3, 0.4) is 0 Å². The van der Waals surface area contributed by atoms with Crippen molar-refractivity contribution in [3.05, 3.63) is 34.9 Å². The molecule has 1 unspecified atom stereocenters. The van der Waals surface area contributed by atoms with Crippen molar-refractivity contribution in [3.63, 3.8) is 0 Å². The molecule has 0 heterocycles. The predicted molar refractivity (Wildman–Crippen MR) is 81.6 cm³/mol. The van der Waals surface area contributed by atoms with Crippen molar-refractivity contribution >= 4 is 35.8 Å². The molecule has 1 atom stereocenters. The number of carbonyl (C=O) groups is 2. The van der Waals surface area contributed by atoms with Crippen LogP contribution in [-0.2, 0) is 16.1 Å². The number of amides is 2. The van der Waals surface area contributed by atoms with Gasteiger partial charge < -0.3 is 16.4 Å². The number of benzene rings is 1. The number of carbonyl (C=O) groups excluding carboxylic acids is 2. The van der Waals surface area contributed by atoms with Gasteiger partial charge >= 0.3 is 0 Å². The molecule has 2 amide bonds. The lowest BCUT2D eigenvalue weighted by Crippen LogP contribution is -2.45. The molecule has 0 spiro atoms. The highest BCUT2D eigenvalue weighted by molar-refractivity contribution is 6.30. The van der Waals surface area contributed by atoms with Gasteiger partial charge in [0.25, 0.3) is 0 Å². The number of likely N-dealkylation sites (N-methyl/N-ethyl adjacent to an activating group) is 1. The lowest BCUT2D eigenvalue weighted by Gasteiger charge is -2.24. The molecule has 1 aromatic carbocycles. The van der Waals surface area contributed by atoms with E-state index in [1.54, 1.807) is 17.0 Å². The first-order chi connectivity index (χ1) is 8.93. The monoisotopic (exact) mass is 319 g/mol. The fourth-order valence-electron chi connectivity index (χ4n) is 1.74. The van der Waals surface area contributed by atoms with Gasteiger partial charge in [-0.2, -0.15) is 0 Å². The average Bonchev–Trinajstić information content (AvgIpc) is 2.34. The predicted octanol–water partition coefficient (Wildman–Crippen LogP) is 1.31. The Balaban J connectivity index is 0.00000361. The van der Waals surface area contributed by atoms with E-state index in [4.69, 9.17) is 23.1 Å². The highest BCUT2D eigenvalue weighted by atomic mass is 35.5. The van der Waals surface area contributed by atoms with Crippen LogP contribution in [0.2, 0.25) is 5.02 Å². The minimum Gasteiger partial charge on any atom is -0.370 e. The molecule has 5 nitrogen and oxygen atoms in total. The minimum atomic E-state index is -0.892. The highest BCUT2D eigenvalue weighted by Gasteiger charge is 2.21. The summed E-state index contributed by atoms with van der Waals surface area (Å²) in [6.45, 7) is 2.75. The second-order valence-electron chi connectivity index (χ2n) is 4.26. The molecule has 0 saturated heterocycles. The number of nitrogens with two attached hydrogens (primary N) is 2. The third-order valence-electron chi connectivity index (χ3n) is 2.69.